The third-order valence-corrected chi connectivity index (χ3v) is 7.12. The third-order valence-electron chi connectivity index (χ3n) is 6.32. The number of benzene rings is 3. The van der Waals surface area contributed by atoms with E-state index in [4.69, 9.17) is 38.7 Å². The first-order valence-electron chi connectivity index (χ1n) is 12.5. The van der Waals surface area contributed by atoms with Crippen LogP contribution in [0.4, 0.5) is 0 Å². The number of halogens is 1. The zero-order chi connectivity index (χ0) is 27.5. The first-order chi connectivity index (χ1) is 19.6. The average Bonchev–Trinajstić information content (AvgIpc) is 3.47. The van der Waals surface area contributed by atoms with Gasteiger partial charge < -0.3 is 14.5 Å². The van der Waals surface area contributed by atoms with Crippen LogP contribution in [0.3, 0.4) is 0 Å². The van der Waals surface area contributed by atoms with Crippen LogP contribution in [0.1, 0.15) is 22.3 Å². The summed E-state index contributed by atoms with van der Waals surface area (Å²) in [5, 5.41) is -0.0200. The minimum absolute atomic E-state index is 0.256. The second-order valence-electron chi connectivity index (χ2n) is 8.86. The third kappa shape index (κ3) is 5.04. The van der Waals surface area contributed by atoms with Crippen LogP contribution in [0.5, 0.6) is 5.75 Å². The van der Waals surface area contributed by atoms with Crippen molar-refractivity contribution in [2.75, 3.05) is 13.2 Å². The molecule has 0 fully saturated rings. The van der Waals surface area contributed by atoms with E-state index >= 15 is 0 Å². The molecule has 3 aromatic heterocycles. The molecule has 0 saturated carbocycles. The smallest absolute Gasteiger partial charge is 0.269 e. The van der Waals surface area contributed by atoms with Crippen LogP contribution in [0.15, 0.2) is 90.2 Å². The Morgan fingerprint density at radius 2 is 1.77 bits per heavy atom. The summed E-state index contributed by atoms with van der Waals surface area (Å²) in [7, 11) is 0. The molecule has 0 bridgehead atoms. The number of aromatic amines is 1. The van der Waals surface area contributed by atoms with Crippen molar-refractivity contribution in [2.24, 2.45) is 0 Å². The zero-order valence-electron chi connectivity index (χ0n) is 21.1. The lowest BCUT2D eigenvalue weighted by molar-refractivity contribution is 0.0893. The fraction of sp³-hybridized carbons (Fsp3) is 0.138. The van der Waals surface area contributed by atoms with E-state index in [1.807, 2.05) is 30.3 Å². The van der Waals surface area contributed by atoms with Crippen molar-refractivity contribution in [2.45, 2.75) is 11.9 Å². The Labute approximate surface area is 239 Å². The Bertz CT molecular complexity index is 1860. The van der Waals surface area contributed by atoms with Gasteiger partial charge in [-0.15, -0.1) is 0 Å². The second-order valence-corrected chi connectivity index (χ2v) is 9.78. The van der Waals surface area contributed by atoms with E-state index < -0.39 is 5.25 Å². The van der Waals surface area contributed by atoms with E-state index in [0.717, 1.165) is 5.56 Å². The highest BCUT2D eigenvalue weighted by molar-refractivity contribution is 7.80. The molecule has 3 heterocycles. The molecule has 11 heteroatoms. The lowest BCUT2D eigenvalue weighted by atomic mass is 10.1. The first-order valence-corrected chi connectivity index (χ1v) is 13.4. The fourth-order valence-electron chi connectivity index (χ4n) is 4.47. The predicted octanol–water partition coefficient (Wildman–Crippen LogP) is 5.32. The topological polar surface area (TPSA) is 108 Å². The summed E-state index contributed by atoms with van der Waals surface area (Å²) in [6, 6.07) is 22.3. The van der Waals surface area contributed by atoms with Crippen molar-refractivity contribution in [3.8, 4) is 11.4 Å². The number of fused-ring (bicyclic) bond motifs is 2. The molecular formula is C29H23ClN6O3S. The van der Waals surface area contributed by atoms with Crippen LogP contribution in [0, 0.1) is 0 Å². The number of thiol groups is 1. The van der Waals surface area contributed by atoms with Crippen molar-refractivity contribution in [3.05, 3.63) is 118 Å². The van der Waals surface area contributed by atoms with Crippen LogP contribution < -0.4 is 10.3 Å². The molecule has 3 aromatic carbocycles. The summed E-state index contributed by atoms with van der Waals surface area (Å²) < 4.78 is 13.2. The minimum atomic E-state index is -0.724. The molecule has 40 heavy (non-hydrogen) atoms. The van der Waals surface area contributed by atoms with Gasteiger partial charge in [0.05, 0.1) is 41.5 Å². The summed E-state index contributed by atoms with van der Waals surface area (Å²) in [5.74, 6) is 0.735. The van der Waals surface area contributed by atoms with Crippen molar-refractivity contribution in [3.63, 3.8) is 0 Å². The molecule has 6 aromatic rings. The lowest BCUT2D eigenvalue weighted by Crippen LogP contribution is -2.26. The monoisotopic (exact) mass is 570 g/mol. The van der Waals surface area contributed by atoms with Crippen molar-refractivity contribution in [1.29, 1.82) is 0 Å². The fourth-order valence-corrected chi connectivity index (χ4v) is 5.05. The summed E-state index contributed by atoms with van der Waals surface area (Å²) >= 11 is 11.5. The van der Waals surface area contributed by atoms with Gasteiger partial charge in [0.15, 0.2) is 5.65 Å². The van der Waals surface area contributed by atoms with Gasteiger partial charge in [-0.3, -0.25) is 9.36 Å². The Hall–Kier alpha value is -4.25. The second kappa shape index (κ2) is 11.5. The van der Waals surface area contributed by atoms with Crippen LogP contribution >= 0.6 is 24.2 Å². The highest BCUT2D eigenvalue weighted by Gasteiger charge is 2.25. The summed E-state index contributed by atoms with van der Waals surface area (Å²) in [6.45, 7) is 1.08. The van der Waals surface area contributed by atoms with E-state index in [9.17, 15) is 4.79 Å². The highest BCUT2D eigenvalue weighted by atomic mass is 35.5. The molecular weight excluding hydrogens is 548 g/mol. The molecule has 0 aliphatic heterocycles. The summed E-state index contributed by atoms with van der Waals surface area (Å²) in [6.07, 6.45) is 2.95. The van der Waals surface area contributed by atoms with Gasteiger partial charge in [0.2, 0.25) is 0 Å². The maximum absolute atomic E-state index is 14.2. The standard InChI is InChI=1S/C29H23ClN6O3S/c30-19-9-4-5-11-21(19)36-28(26(40)24-25-27(33-16-31-24)34-17-32-25)35-20-10-6-12-22(23(20)29(36)37)39-14-13-38-15-18-7-2-1-3-8-18/h1-12,16-17,26,40H,13-15H2,(H,31,32,33,34). The number of H-pyrrole nitrogens is 1. The number of aromatic nitrogens is 6. The van der Waals surface area contributed by atoms with Gasteiger partial charge in [-0.25, -0.2) is 19.9 Å². The lowest BCUT2D eigenvalue weighted by Gasteiger charge is -2.19. The molecule has 1 atom stereocenters. The van der Waals surface area contributed by atoms with E-state index in [-0.39, 0.29) is 12.2 Å². The Morgan fingerprint density at radius 3 is 2.62 bits per heavy atom. The van der Waals surface area contributed by atoms with Gasteiger partial charge in [0, 0.05) is 0 Å². The van der Waals surface area contributed by atoms with Gasteiger partial charge in [0.25, 0.3) is 5.56 Å². The Balaban J connectivity index is 1.40. The summed E-state index contributed by atoms with van der Waals surface area (Å²) in [4.78, 5) is 35.1. The van der Waals surface area contributed by atoms with Gasteiger partial charge in [0.1, 0.15) is 40.7 Å². The van der Waals surface area contributed by atoms with Crippen LogP contribution in [0.2, 0.25) is 5.02 Å². The van der Waals surface area contributed by atoms with Crippen molar-refractivity contribution < 1.29 is 9.47 Å². The molecule has 0 aliphatic rings. The average molecular weight is 571 g/mol. The van der Waals surface area contributed by atoms with E-state index in [1.54, 1.807) is 42.5 Å². The quantitative estimate of drug-likeness (QED) is 0.179. The van der Waals surface area contributed by atoms with Crippen LogP contribution in [-0.4, -0.2) is 42.7 Å². The van der Waals surface area contributed by atoms with Crippen LogP contribution in [0.25, 0.3) is 27.8 Å². The SMILES string of the molecule is O=c1c2c(OCCOCc3ccccc3)cccc2nc(C(S)c2ncnc3[nH]cnc23)n1-c1ccccc1Cl. The number of nitrogens with one attached hydrogen (secondary N) is 1. The normalized spacial score (nSPS) is 12.2. The molecule has 1 unspecified atom stereocenters. The minimum Gasteiger partial charge on any atom is -0.490 e. The number of nitrogens with zero attached hydrogens (tertiary/aromatic N) is 5. The maximum Gasteiger partial charge on any atom is 0.269 e. The molecule has 0 saturated heterocycles. The molecule has 6 rings (SSSR count). The van der Waals surface area contributed by atoms with Crippen molar-refractivity contribution in [1.82, 2.24) is 29.5 Å². The number of hydrogen-bond donors (Lipinski definition) is 2. The molecule has 0 aliphatic carbocycles. The van der Waals surface area contributed by atoms with Gasteiger partial charge in [-0.05, 0) is 29.8 Å². The number of para-hydroxylation sites is 1. The van der Waals surface area contributed by atoms with Crippen molar-refractivity contribution >= 4 is 46.3 Å². The highest BCUT2D eigenvalue weighted by Crippen LogP contribution is 2.33. The molecule has 0 radical (unpaired) electrons. The van der Waals surface area contributed by atoms with E-state index in [0.29, 0.717) is 63.3 Å². The number of ether oxygens (including phenoxy) is 2. The maximum atomic E-state index is 14.2. The number of hydrogen-bond acceptors (Lipinski definition) is 8. The van der Waals surface area contributed by atoms with Crippen LogP contribution in [-0.2, 0) is 11.3 Å². The summed E-state index contributed by atoms with van der Waals surface area (Å²) in [5.41, 5.74) is 3.24. The zero-order valence-corrected chi connectivity index (χ0v) is 22.7. The molecule has 200 valence electrons. The van der Waals surface area contributed by atoms with Gasteiger partial charge in [-0.2, -0.15) is 12.6 Å². The Morgan fingerprint density at radius 1 is 0.950 bits per heavy atom. The number of rotatable bonds is 9. The van der Waals surface area contributed by atoms with E-state index in [2.05, 4.69) is 19.9 Å². The van der Waals surface area contributed by atoms with Gasteiger partial charge in [-0.1, -0.05) is 60.1 Å². The molecule has 9 nitrogen and oxygen atoms in total. The first kappa shape index (κ1) is 26.0. The Kier molecular flexibility index (Phi) is 7.45. The predicted molar refractivity (Wildman–Crippen MR) is 156 cm³/mol. The molecule has 0 spiro atoms. The molecule has 1 N–H and O–H groups in total. The van der Waals surface area contributed by atoms with Gasteiger partial charge >= 0.3 is 0 Å². The molecule has 0 amide bonds. The van der Waals surface area contributed by atoms with E-state index in [1.165, 1.54) is 17.2 Å². The number of imidazole rings is 1. The largest absolute Gasteiger partial charge is 0.490 e.